The lowest BCUT2D eigenvalue weighted by Gasteiger charge is -2.02. The van der Waals surface area contributed by atoms with Gasteiger partial charge in [-0.1, -0.05) is 54.6 Å². The summed E-state index contributed by atoms with van der Waals surface area (Å²) in [5, 5.41) is 24.4. The van der Waals surface area contributed by atoms with E-state index in [-0.39, 0.29) is 0 Å². The third-order valence-corrected chi connectivity index (χ3v) is 5.08. The number of hydrogen-bond acceptors (Lipinski definition) is 8. The van der Waals surface area contributed by atoms with Crippen LogP contribution in [0.2, 0.25) is 0 Å². The van der Waals surface area contributed by atoms with Crippen LogP contribution in [0.15, 0.2) is 34.7 Å². The summed E-state index contributed by atoms with van der Waals surface area (Å²) in [6.07, 6.45) is 2.30. The van der Waals surface area contributed by atoms with Gasteiger partial charge in [0.1, 0.15) is 0 Å². The van der Waals surface area contributed by atoms with E-state index in [1.165, 1.54) is 0 Å². The van der Waals surface area contributed by atoms with Crippen LogP contribution < -0.4 is 5.32 Å². The molecule has 0 saturated heterocycles. The van der Waals surface area contributed by atoms with E-state index in [1.54, 1.807) is 27.8 Å². The Balaban J connectivity index is 1.60. The van der Waals surface area contributed by atoms with Gasteiger partial charge in [0.25, 0.3) is 0 Å². The van der Waals surface area contributed by atoms with E-state index >= 15 is 0 Å². The summed E-state index contributed by atoms with van der Waals surface area (Å²) in [5.41, 5.74) is 0.951. The van der Waals surface area contributed by atoms with Crippen LogP contribution >= 0.6 is 23.1 Å². The summed E-state index contributed by atoms with van der Waals surface area (Å²) in [5.74, 6) is 1.43. The number of nitrogens with one attached hydrogen (secondary N) is 1. The van der Waals surface area contributed by atoms with Gasteiger partial charge in [-0.3, -0.25) is 0 Å². The molecular formula is C14H17N7S2. The SMILES string of the molecule is CCCCNc1nnc(SCc2nnnn2-c2ccccc2)s1. The molecule has 0 aliphatic heterocycles. The molecule has 0 saturated carbocycles. The lowest BCUT2D eigenvalue weighted by atomic mass is 10.3. The zero-order chi connectivity index (χ0) is 15.9. The number of rotatable bonds is 8. The second-order valence-corrected chi connectivity index (χ2v) is 6.98. The van der Waals surface area contributed by atoms with Crippen LogP contribution in [-0.2, 0) is 5.75 Å². The van der Waals surface area contributed by atoms with Gasteiger partial charge in [0.05, 0.1) is 11.4 Å². The standard InChI is InChI=1S/C14H17N7S2/c1-2-3-9-15-13-17-18-14(23-13)22-10-12-16-19-20-21(12)11-7-5-4-6-8-11/h4-8H,2-3,9-10H2,1H3,(H,15,17). The van der Waals surface area contributed by atoms with E-state index in [0.29, 0.717) is 5.75 Å². The molecule has 0 aliphatic rings. The smallest absolute Gasteiger partial charge is 0.206 e. The Morgan fingerprint density at radius 1 is 1.17 bits per heavy atom. The molecule has 0 spiro atoms. The van der Waals surface area contributed by atoms with Crippen molar-refractivity contribution in [1.29, 1.82) is 0 Å². The van der Waals surface area contributed by atoms with Gasteiger partial charge >= 0.3 is 0 Å². The largest absolute Gasteiger partial charge is 0.360 e. The number of nitrogens with zero attached hydrogens (tertiary/aromatic N) is 6. The van der Waals surface area contributed by atoms with E-state index in [0.717, 1.165) is 40.4 Å². The Bertz CT molecular complexity index is 726. The van der Waals surface area contributed by atoms with Crippen LogP contribution in [-0.4, -0.2) is 36.9 Å². The predicted molar refractivity (Wildman–Crippen MR) is 92.0 cm³/mol. The molecule has 9 heteroatoms. The summed E-state index contributed by atoms with van der Waals surface area (Å²) in [4.78, 5) is 0. The summed E-state index contributed by atoms with van der Waals surface area (Å²) in [6.45, 7) is 3.10. The van der Waals surface area contributed by atoms with Crippen molar-refractivity contribution in [2.45, 2.75) is 29.9 Å². The van der Waals surface area contributed by atoms with Crippen molar-refractivity contribution in [3.05, 3.63) is 36.2 Å². The van der Waals surface area contributed by atoms with Crippen LogP contribution in [0, 0.1) is 0 Å². The highest BCUT2D eigenvalue weighted by molar-refractivity contribution is 8.00. The first kappa shape index (κ1) is 15.9. The third kappa shape index (κ3) is 4.26. The fourth-order valence-corrected chi connectivity index (χ4v) is 3.59. The van der Waals surface area contributed by atoms with Gasteiger partial charge in [0.15, 0.2) is 10.2 Å². The number of thioether (sulfide) groups is 1. The van der Waals surface area contributed by atoms with Crippen LogP contribution in [0.25, 0.3) is 5.69 Å². The number of hydrogen-bond donors (Lipinski definition) is 1. The van der Waals surface area contributed by atoms with Gasteiger partial charge in [-0.2, -0.15) is 4.68 Å². The fourth-order valence-electron chi connectivity index (χ4n) is 1.90. The number of unbranched alkanes of at least 4 members (excludes halogenated alkanes) is 1. The first-order valence-electron chi connectivity index (χ1n) is 7.39. The van der Waals surface area contributed by atoms with E-state index in [2.05, 4.69) is 38.0 Å². The monoisotopic (exact) mass is 347 g/mol. The molecule has 2 aromatic heterocycles. The van der Waals surface area contributed by atoms with Crippen LogP contribution in [0.3, 0.4) is 0 Å². The molecule has 0 bridgehead atoms. The van der Waals surface area contributed by atoms with E-state index < -0.39 is 0 Å². The minimum atomic E-state index is 0.644. The van der Waals surface area contributed by atoms with Gasteiger partial charge in [-0.15, -0.1) is 15.3 Å². The van der Waals surface area contributed by atoms with Crippen molar-refractivity contribution < 1.29 is 0 Å². The molecule has 0 radical (unpaired) electrons. The van der Waals surface area contributed by atoms with Crippen LogP contribution in [0.4, 0.5) is 5.13 Å². The minimum Gasteiger partial charge on any atom is -0.360 e. The highest BCUT2D eigenvalue weighted by atomic mass is 32.2. The van der Waals surface area contributed by atoms with Crippen LogP contribution in [0.5, 0.6) is 0 Å². The lowest BCUT2D eigenvalue weighted by molar-refractivity contribution is 0.777. The van der Waals surface area contributed by atoms with Crippen LogP contribution in [0.1, 0.15) is 25.6 Å². The first-order chi connectivity index (χ1) is 11.4. The van der Waals surface area contributed by atoms with Gasteiger partial charge in [0.2, 0.25) is 5.13 Å². The van der Waals surface area contributed by atoms with Gasteiger partial charge in [-0.05, 0) is 29.0 Å². The Hall–Kier alpha value is -2.00. The van der Waals surface area contributed by atoms with E-state index in [9.17, 15) is 0 Å². The molecular weight excluding hydrogens is 330 g/mol. The van der Waals surface area contributed by atoms with Gasteiger partial charge < -0.3 is 5.32 Å². The Labute approximate surface area is 142 Å². The Morgan fingerprint density at radius 3 is 2.87 bits per heavy atom. The maximum Gasteiger partial charge on any atom is 0.206 e. The molecule has 1 aromatic carbocycles. The Morgan fingerprint density at radius 2 is 2.04 bits per heavy atom. The zero-order valence-electron chi connectivity index (χ0n) is 12.7. The first-order valence-corrected chi connectivity index (χ1v) is 9.20. The molecule has 120 valence electrons. The lowest BCUT2D eigenvalue weighted by Crippen LogP contribution is -2.01. The third-order valence-electron chi connectivity index (χ3n) is 3.07. The summed E-state index contributed by atoms with van der Waals surface area (Å²) in [7, 11) is 0. The number of tetrazole rings is 1. The predicted octanol–water partition coefficient (Wildman–Crippen LogP) is 3.02. The molecule has 3 rings (SSSR count). The number of benzene rings is 1. The summed E-state index contributed by atoms with van der Waals surface area (Å²) >= 11 is 3.15. The molecule has 23 heavy (non-hydrogen) atoms. The van der Waals surface area contributed by atoms with E-state index in [1.807, 2.05) is 30.3 Å². The highest BCUT2D eigenvalue weighted by Gasteiger charge is 2.11. The molecule has 7 nitrogen and oxygen atoms in total. The van der Waals surface area contributed by atoms with Gasteiger partial charge in [0, 0.05) is 6.54 Å². The van der Waals surface area contributed by atoms with Crippen molar-refractivity contribution >= 4 is 28.2 Å². The number of para-hydroxylation sites is 1. The van der Waals surface area contributed by atoms with E-state index in [4.69, 9.17) is 0 Å². The highest BCUT2D eigenvalue weighted by Crippen LogP contribution is 2.28. The molecule has 0 amide bonds. The molecule has 0 fully saturated rings. The molecule has 2 heterocycles. The van der Waals surface area contributed by atoms with Gasteiger partial charge in [-0.25, -0.2) is 0 Å². The van der Waals surface area contributed by atoms with Crippen molar-refractivity contribution in [2.24, 2.45) is 0 Å². The second kappa shape index (κ2) is 8.02. The fraction of sp³-hybridized carbons (Fsp3) is 0.357. The topological polar surface area (TPSA) is 81.4 Å². The average Bonchev–Trinajstić information content (AvgIpc) is 3.23. The quantitative estimate of drug-likeness (QED) is 0.495. The minimum absolute atomic E-state index is 0.644. The van der Waals surface area contributed by atoms with Crippen molar-refractivity contribution in [1.82, 2.24) is 30.4 Å². The average molecular weight is 347 g/mol. The number of anilines is 1. The Kier molecular flexibility index (Phi) is 5.54. The van der Waals surface area contributed by atoms with Crippen molar-refractivity contribution in [2.75, 3.05) is 11.9 Å². The summed E-state index contributed by atoms with van der Waals surface area (Å²) in [6, 6.07) is 9.85. The molecule has 0 atom stereocenters. The molecule has 3 aromatic rings. The summed E-state index contributed by atoms with van der Waals surface area (Å²) < 4.78 is 2.65. The number of aromatic nitrogens is 6. The zero-order valence-corrected chi connectivity index (χ0v) is 14.3. The second-order valence-electron chi connectivity index (χ2n) is 4.78. The maximum absolute atomic E-state index is 4.19. The maximum atomic E-state index is 4.19. The molecule has 1 N–H and O–H groups in total. The molecule has 0 aliphatic carbocycles. The molecule has 0 unspecified atom stereocenters. The normalized spacial score (nSPS) is 10.8. The van der Waals surface area contributed by atoms with Crippen molar-refractivity contribution in [3.63, 3.8) is 0 Å². The van der Waals surface area contributed by atoms with Crippen molar-refractivity contribution in [3.8, 4) is 5.69 Å².